The monoisotopic (exact) mass is 861 g/mol. The van der Waals surface area contributed by atoms with Gasteiger partial charge >= 0.3 is 12.2 Å². The summed E-state index contributed by atoms with van der Waals surface area (Å²) in [5.74, 6) is -0.291. The maximum absolute atomic E-state index is 14.0. The van der Waals surface area contributed by atoms with Crippen LogP contribution in [0.15, 0.2) is 82.0 Å². The molecule has 1 aliphatic carbocycles. The van der Waals surface area contributed by atoms with E-state index in [0.29, 0.717) is 75.5 Å². The van der Waals surface area contributed by atoms with Crippen molar-refractivity contribution in [2.45, 2.75) is 117 Å². The minimum Gasteiger partial charge on any atom is -0.444 e. The molecule has 1 saturated heterocycles. The lowest BCUT2D eigenvalue weighted by molar-refractivity contribution is -0.129. The second-order valence-electron chi connectivity index (χ2n) is 19.1. The van der Waals surface area contributed by atoms with Gasteiger partial charge in [0.1, 0.15) is 17.0 Å². The van der Waals surface area contributed by atoms with Gasteiger partial charge in [-0.2, -0.15) is 5.11 Å². The van der Waals surface area contributed by atoms with Crippen molar-refractivity contribution < 1.29 is 33.4 Å². The summed E-state index contributed by atoms with van der Waals surface area (Å²) >= 11 is 0. The standard InChI is InChI=1S/C49H63N7O7/c1-31-24-37(27-38(25-31)44(58)54-41-20-22-56(23-21-41)47(61)63-49(5,6)7)34-12-8-32(9-13-34)26-39(45(59)53-40-18-16-36(17-19-40)43-51-30-52-55-43)28-42(57)35-14-10-33(11-15-35)29-50-46(60)62-48(2,3)4/h8-9,12-13,16-19,24-25,27,33,35,39,41H,10-11,14-15,20-23,26,28-30H2,1-7H3,(H,50,60)(H,53,59)(H,54,58)/t33?,35?,39-/m1/s1. The summed E-state index contributed by atoms with van der Waals surface area (Å²) in [6.45, 7) is 14.8. The van der Waals surface area contributed by atoms with Crippen LogP contribution in [0.5, 0.6) is 0 Å². The molecule has 63 heavy (non-hydrogen) atoms. The number of hydrogen-bond donors (Lipinski definition) is 3. The lowest BCUT2D eigenvalue weighted by Crippen LogP contribution is -2.47. The second kappa shape index (κ2) is 20.5. The minimum absolute atomic E-state index is 0.0573. The fraction of sp³-hybridized carbons (Fsp3) is 0.510. The Balaban J connectivity index is 1.09. The first-order valence-corrected chi connectivity index (χ1v) is 22.2. The molecular weight excluding hydrogens is 799 g/mol. The van der Waals surface area contributed by atoms with E-state index in [4.69, 9.17) is 9.47 Å². The van der Waals surface area contributed by atoms with Crippen LogP contribution in [-0.2, 0) is 25.5 Å². The summed E-state index contributed by atoms with van der Waals surface area (Å²) in [5.41, 5.74) is 4.49. The minimum atomic E-state index is -0.618. The van der Waals surface area contributed by atoms with Crippen LogP contribution in [0.1, 0.15) is 114 Å². The predicted octanol–water partition coefficient (Wildman–Crippen LogP) is 9.05. The summed E-state index contributed by atoms with van der Waals surface area (Å²) in [7, 11) is 0. The van der Waals surface area contributed by atoms with Gasteiger partial charge in [-0.05, 0) is 158 Å². The number of ketones is 1. The van der Waals surface area contributed by atoms with Crippen molar-refractivity contribution in [3.8, 4) is 11.1 Å². The van der Waals surface area contributed by atoms with Gasteiger partial charge in [0.25, 0.3) is 5.91 Å². The number of anilines is 1. The number of carbonyl (C=O) groups excluding carboxylic acids is 5. The summed E-state index contributed by atoms with van der Waals surface area (Å²) < 4.78 is 10.9. The second-order valence-corrected chi connectivity index (χ2v) is 19.1. The number of likely N-dealkylation sites (tertiary alicyclic amines) is 1. The van der Waals surface area contributed by atoms with Crippen LogP contribution in [0.2, 0.25) is 0 Å². The van der Waals surface area contributed by atoms with Crippen LogP contribution in [0.3, 0.4) is 0 Å². The normalized spacial score (nSPS) is 18.5. The number of aliphatic imine (C=N–C) groups is 1. The zero-order chi connectivity index (χ0) is 45.3. The molecule has 0 aromatic heterocycles. The number of nitrogens with zero attached hydrogens (tertiary/aromatic N) is 4. The van der Waals surface area contributed by atoms with E-state index in [1.807, 2.05) is 103 Å². The van der Waals surface area contributed by atoms with Crippen molar-refractivity contribution in [2.24, 2.45) is 33.0 Å². The number of rotatable bonds is 13. The maximum Gasteiger partial charge on any atom is 0.410 e. The van der Waals surface area contributed by atoms with E-state index >= 15 is 0 Å². The van der Waals surface area contributed by atoms with Crippen LogP contribution in [0.4, 0.5) is 15.3 Å². The van der Waals surface area contributed by atoms with E-state index in [2.05, 4.69) is 31.2 Å². The number of carbonyl (C=O) groups is 5. The molecule has 14 nitrogen and oxygen atoms in total. The Morgan fingerprint density at radius 2 is 1.43 bits per heavy atom. The molecule has 1 saturated carbocycles. The van der Waals surface area contributed by atoms with Crippen LogP contribution in [0.25, 0.3) is 11.1 Å². The molecule has 6 rings (SSSR count). The summed E-state index contributed by atoms with van der Waals surface area (Å²) in [6.07, 6.45) is 3.99. The molecule has 2 aliphatic heterocycles. The third kappa shape index (κ3) is 14.0. The molecule has 2 heterocycles. The molecule has 3 N–H and O–H groups in total. The van der Waals surface area contributed by atoms with Gasteiger partial charge < -0.3 is 30.3 Å². The van der Waals surface area contributed by atoms with Gasteiger partial charge in [0.2, 0.25) is 5.91 Å². The SMILES string of the molecule is Cc1cc(C(=O)NC2CCN(C(=O)OC(C)(C)C)CC2)cc(-c2ccc(C[C@H](CC(=O)C3CCC(CNC(=O)OC(C)(C)C)CC3)C(=O)Nc3ccc(C4=NCN=N4)cc3)cc2)c1. The van der Waals surface area contributed by atoms with Gasteiger partial charge in [0.15, 0.2) is 12.5 Å². The molecule has 0 spiro atoms. The van der Waals surface area contributed by atoms with Gasteiger partial charge in [-0.25, -0.2) is 14.6 Å². The summed E-state index contributed by atoms with van der Waals surface area (Å²) in [4.78, 5) is 72.1. The number of benzene rings is 3. The lowest BCUT2D eigenvalue weighted by Gasteiger charge is -2.33. The van der Waals surface area contributed by atoms with Gasteiger partial charge in [-0.15, -0.1) is 5.11 Å². The topological polar surface area (TPSA) is 180 Å². The molecule has 14 heteroatoms. The van der Waals surface area contributed by atoms with Crippen molar-refractivity contribution in [3.63, 3.8) is 0 Å². The smallest absolute Gasteiger partial charge is 0.410 e. The van der Waals surface area contributed by atoms with Gasteiger partial charge in [-0.3, -0.25) is 14.4 Å². The molecule has 0 bridgehead atoms. The van der Waals surface area contributed by atoms with Crippen molar-refractivity contribution in [2.75, 3.05) is 31.6 Å². The third-order valence-electron chi connectivity index (χ3n) is 11.5. The molecule has 1 atom stereocenters. The molecule has 0 unspecified atom stereocenters. The van der Waals surface area contributed by atoms with Crippen molar-refractivity contribution in [1.29, 1.82) is 0 Å². The Hall–Kier alpha value is -5.92. The van der Waals surface area contributed by atoms with Gasteiger partial charge in [0, 0.05) is 60.7 Å². The van der Waals surface area contributed by atoms with Crippen molar-refractivity contribution in [3.05, 3.63) is 89.0 Å². The molecular formula is C49H63N7O7. The predicted molar refractivity (Wildman–Crippen MR) is 243 cm³/mol. The Morgan fingerprint density at radius 1 is 0.778 bits per heavy atom. The van der Waals surface area contributed by atoms with E-state index in [0.717, 1.165) is 40.7 Å². The number of piperidine rings is 1. The number of hydrogen-bond acceptors (Lipinski definition) is 10. The van der Waals surface area contributed by atoms with Crippen LogP contribution >= 0.6 is 0 Å². The highest BCUT2D eigenvalue weighted by Gasteiger charge is 2.32. The van der Waals surface area contributed by atoms with Crippen molar-refractivity contribution in [1.82, 2.24) is 15.5 Å². The fourth-order valence-corrected chi connectivity index (χ4v) is 8.22. The molecule has 3 aromatic rings. The van der Waals surface area contributed by atoms with E-state index in [-0.39, 0.29) is 48.0 Å². The molecule has 4 amide bonds. The Kier molecular flexibility index (Phi) is 15.2. The quantitative estimate of drug-likeness (QED) is 0.153. The van der Waals surface area contributed by atoms with E-state index < -0.39 is 23.2 Å². The fourth-order valence-electron chi connectivity index (χ4n) is 8.22. The third-order valence-corrected chi connectivity index (χ3v) is 11.5. The number of azo groups is 1. The summed E-state index contributed by atoms with van der Waals surface area (Å²) in [6, 6.07) is 21.0. The Bertz CT molecular complexity index is 2170. The first-order valence-electron chi connectivity index (χ1n) is 22.2. The highest BCUT2D eigenvalue weighted by atomic mass is 16.6. The number of amides is 4. The zero-order valence-corrected chi connectivity index (χ0v) is 37.8. The largest absolute Gasteiger partial charge is 0.444 e. The molecule has 2 fully saturated rings. The maximum atomic E-state index is 14.0. The van der Waals surface area contributed by atoms with Gasteiger partial charge in [0.05, 0.1) is 0 Å². The molecule has 336 valence electrons. The van der Waals surface area contributed by atoms with Crippen molar-refractivity contribution >= 4 is 41.3 Å². The molecule has 3 aliphatic rings. The lowest BCUT2D eigenvalue weighted by atomic mass is 9.77. The number of amidine groups is 1. The average Bonchev–Trinajstić information content (AvgIpc) is 3.78. The molecule has 0 radical (unpaired) electrons. The van der Waals surface area contributed by atoms with Gasteiger partial charge in [-0.1, -0.05) is 30.3 Å². The van der Waals surface area contributed by atoms with Crippen LogP contribution < -0.4 is 16.0 Å². The van der Waals surface area contributed by atoms with E-state index in [9.17, 15) is 24.0 Å². The van der Waals surface area contributed by atoms with E-state index in [1.165, 1.54) is 0 Å². The van der Waals surface area contributed by atoms with Crippen LogP contribution in [0, 0.1) is 24.7 Å². The number of ether oxygens (including phenoxy) is 2. The zero-order valence-electron chi connectivity index (χ0n) is 37.8. The van der Waals surface area contributed by atoms with Crippen LogP contribution in [-0.4, -0.2) is 84.1 Å². The number of alkyl carbamates (subject to hydrolysis) is 1. The first-order chi connectivity index (χ1) is 29.9. The van der Waals surface area contributed by atoms with E-state index in [1.54, 1.807) is 17.0 Å². The number of nitrogens with one attached hydrogen (secondary N) is 3. The molecule has 3 aromatic carbocycles. The number of Topliss-reactive ketones (excluding diaryl/α,β-unsaturated/α-hetero) is 1. The highest BCUT2D eigenvalue weighted by molar-refractivity contribution is 6.01. The average molecular weight is 862 g/mol. The number of aryl methyl sites for hydroxylation is 1. The Morgan fingerprint density at radius 3 is 2.05 bits per heavy atom. The summed E-state index contributed by atoms with van der Waals surface area (Å²) in [5, 5.41) is 17.0. The Labute approximate surface area is 371 Å². The first kappa shape index (κ1) is 46.6. The highest BCUT2D eigenvalue weighted by Crippen LogP contribution is 2.32.